The van der Waals surface area contributed by atoms with Crippen molar-refractivity contribution in [3.05, 3.63) is 36.0 Å². The lowest BCUT2D eigenvalue weighted by Gasteiger charge is -2.28. The Morgan fingerprint density at radius 3 is 2.71 bits per heavy atom. The molecule has 1 aliphatic rings. The molecule has 0 atom stereocenters. The Labute approximate surface area is 125 Å². The van der Waals surface area contributed by atoms with E-state index in [9.17, 15) is 0 Å². The lowest BCUT2D eigenvalue weighted by molar-refractivity contribution is 0.216. The van der Waals surface area contributed by atoms with E-state index in [-0.39, 0.29) is 0 Å². The van der Waals surface area contributed by atoms with Crippen molar-refractivity contribution in [1.82, 2.24) is 25.6 Å². The van der Waals surface area contributed by atoms with Gasteiger partial charge in [0.15, 0.2) is 0 Å². The van der Waals surface area contributed by atoms with Crippen molar-refractivity contribution in [2.75, 3.05) is 26.7 Å². The van der Waals surface area contributed by atoms with Crippen LogP contribution >= 0.6 is 0 Å². The number of H-pyrrole nitrogens is 1. The highest BCUT2D eigenvalue weighted by atomic mass is 15.3. The lowest BCUT2D eigenvalue weighted by atomic mass is 9.97. The summed E-state index contributed by atoms with van der Waals surface area (Å²) in [5, 5.41) is 14.8. The molecule has 0 amide bonds. The van der Waals surface area contributed by atoms with Crippen LogP contribution < -0.4 is 5.32 Å². The average molecular weight is 285 g/mol. The zero-order chi connectivity index (χ0) is 14.5. The van der Waals surface area contributed by atoms with Crippen molar-refractivity contribution in [3.63, 3.8) is 0 Å². The molecule has 21 heavy (non-hydrogen) atoms. The molecule has 0 spiro atoms. The third-order valence-electron chi connectivity index (χ3n) is 4.23. The third kappa shape index (κ3) is 3.68. The Hall–Kier alpha value is -1.72. The minimum absolute atomic E-state index is 0.771. The van der Waals surface area contributed by atoms with Crippen molar-refractivity contribution in [2.45, 2.75) is 19.4 Å². The second-order valence-electron chi connectivity index (χ2n) is 5.86. The quantitative estimate of drug-likeness (QED) is 0.881. The van der Waals surface area contributed by atoms with Crippen LogP contribution in [0.2, 0.25) is 0 Å². The molecule has 0 aliphatic carbocycles. The standard InChI is InChI=1S/C16H23N5/c1-21-9-7-13(8-10-21)11-17-12-15-16(19-20-18-15)14-5-3-2-4-6-14/h2-6,13,17H,7-12H2,1H3,(H,18,19,20). The molecule has 1 saturated heterocycles. The van der Waals surface area contributed by atoms with Crippen LogP contribution in [0.4, 0.5) is 0 Å². The summed E-state index contributed by atoms with van der Waals surface area (Å²) in [6, 6.07) is 10.2. The van der Waals surface area contributed by atoms with Gasteiger partial charge in [0, 0.05) is 12.1 Å². The van der Waals surface area contributed by atoms with Gasteiger partial charge in [0.1, 0.15) is 11.4 Å². The zero-order valence-corrected chi connectivity index (χ0v) is 12.5. The van der Waals surface area contributed by atoms with Gasteiger partial charge < -0.3 is 10.2 Å². The SMILES string of the molecule is CN1CCC(CNCc2n[nH]nc2-c2ccccc2)CC1. The van der Waals surface area contributed by atoms with Crippen molar-refractivity contribution in [1.29, 1.82) is 0 Å². The minimum Gasteiger partial charge on any atom is -0.311 e. The summed E-state index contributed by atoms with van der Waals surface area (Å²) in [7, 11) is 2.20. The summed E-state index contributed by atoms with van der Waals surface area (Å²) in [5.41, 5.74) is 3.06. The molecule has 5 heteroatoms. The van der Waals surface area contributed by atoms with Crippen molar-refractivity contribution < 1.29 is 0 Å². The highest BCUT2D eigenvalue weighted by molar-refractivity contribution is 5.60. The monoisotopic (exact) mass is 285 g/mol. The summed E-state index contributed by atoms with van der Waals surface area (Å²) >= 11 is 0. The summed E-state index contributed by atoms with van der Waals surface area (Å²) in [6.07, 6.45) is 2.57. The maximum atomic E-state index is 4.28. The Morgan fingerprint density at radius 1 is 1.19 bits per heavy atom. The van der Waals surface area contributed by atoms with E-state index >= 15 is 0 Å². The van der Waals surface area contributed by atoms with Gasteiger partial charge in [-0.1, -0.05) is 30.3 Å². The van der Waals surface area contributed by atoms with Crippen LogP contribution in [0.15, 0.2) is 30.3 Å². The van der Waals surface area contributed by atoms with Crippen molar-refractivity contribution in [2.24, 2.45) is 5.92 Å². The molecule has 2 aromatic rings. The van der Waals surface area contributed by atoms with Gasteiger partial charge in [-0.05, 0) is 45.4 Å². The van der Waals surface area contributed by atoms with Gasteiger partial charge in [0.25, 0.3) is 0 Å². The first-order valence-corrected chi connectivity index (χ1v) is 7.67. The molecule has 1 aromatic carbocycles. The first kappa shape index (κ1) is 14.2. The fraction of sp³-hybridized carbons (Fsp3) is 0.500. The molecule has 1 aromatic heterocycles. The van der Waals surface area contributed by atoms with E-state index in [1.807, 2.05) is 18.2 Å². The normalized spacial score (nSPS) is 17.2. The molecule has 2 N–H and O–H groups in total. The number of nitrogens with zero attached hydrogens (tertiary/aromatic N) is 3. The van der Waals surface area contributed by atoms with E-state index in [2.05, 4.69) is 44.8 Å². The number of rotatable bonds is 5. The van der Waals surface area contributed by atoms with Gasteiger partial charge >= 0.3 is 0 Å². The van der Waals surface area contributed by atoms with E-state index in [1.165, 1.54) is 25.9 Å². The van der Waals surface area contributed by atoms with Gasteiger partial charge in [0.05, 0.1) is 0 Å². The molecular formula is C16H23N5. The van der Waals surface area contributed by atoms with E-state index in [0.29, 0.717) is 0 Å². The first-order valence-electron chi connectivity index (χ1n) is 7.67. The van der Waals surface area contributed by atoms with Gasteiger partial charge in [-0.25, -0.2) is 0 Å². The van der Waals surface area contributed by atoms with Crippen LogP contribution in [0.25, 0.3) is 11.3 Å². The molecule has 0 radical (unpaired) electrons. The highest BCUT2D eigenvalue weighted by Crippen LogP contribution is 2.19. The summed E-state index contributed by atoms with van der Waals surface area (Å²) in [5.74, 6) is 0.785. The van der Waals surface area contributed by atoms with Crippen LogP contribution in [0.5, 0.6) is 0 Å². The van der Waals surface area contributed by atoms with Crippen LogP contribution in [0, 0.1) is 5.92 Å². The fourth-order valence-corrected chi connectivity index (χ4v) is 2.86. The Morgan fingerprint density at radius 2 is 1.95 bits per heavy atom. The van der Waals surface area contributed by atoms with Crippen LogP contribution in [0.1, 0.15) is 18.5 Å². The third-order valence-corrected chi connectivity index (χ3v) is 4.23. The van der Waals surface area contributed by atoms with E-state index in [0.717, 1.165) is 36.0 Å². The fourth-order valence-electron chi connectivity index (χ4n) is 2.86. The van der Waals surface area contributed by atoms with Crippen LogP contribution in [-0.4, -0.2) is 47.0 Å². The number of hydrogen-bond donors (Lipinski definition) is 2. The maximum Gasteiger partial charge on any atom is 0.117 e. The number of hydrogen-bond acceptors (Lipinski definition) is 4. The smallest absolute Gasteiger partial charge is 0.117 e. The number of piperidine rings is 1. The van der Waals surface area contributed by atoms with Crippen molar-refractivity contribution in [3.8, 4) is 11.3 Å². The lowest BCUT2D eigenvalue weighted by Crippen LogP contribution is -2.34. The maximum absolute atomic E-state index is 4.28. The number of benzene rings is 1. The topological polar surface area (TPSA) is 56.8 Å². The molecular weight excluding hydrogens is 262 g/mol. The molecule has 3 rings (SSSR count). The van der Waals surface area contributed by atoms with Crippen LogP contribution in [0.3, 0.4) is 0 Å². The number of aromatic nitrogens is 3. The second kappa shape index (κ2) is 6.83. The Kier molecular flexibility index (Phi) is 4.62. The molecule has 112 valence electrons. The van der Waals surface area contributed by atoms with Crippen molar-refractivity contribution >= 4 is 0 Å². The molecule has 0 bridgehead atoms. The molecule has 1 aliphatic heterocycles. The van der Waals surface area contributed by atoms with Gasteiger partial charge in [0.2, 0.25) is 0 Å². The molecule has 5 nitrogen and oxygen atoms in total. The number of likely N-dealkylation sites (tertiary alicyclic amines) is 1. The van der Waals surface area contributed by atoms with Crippen LogP contribution in [-0.2, 0) is 6.54 Å². The zero-order valence-electron chi connectivity index (χ0n) is 12.5. The molecule has 0 saturated carbocycles. The minimum atomic E-state index is 0.771. The number of aromatic amines is 1. The number of nitrogens with one attached hydrogen (secondary N) is 2. The second-order valence-corrected chi connectivity index (χ2v) is 5.86. The first-order chi connectivity index (χ1) is 10.3. The van der Waals surface area contributed by atoms with Gasteiger partial charge in [-0.3, -0.25) is 0 Å². The Balaban J connectivity index is 1.53. The summed E-state index contributed by atoms with van der Waals surface area (Å²) in [4.78, 5) is 2.40. The van der Waals surface area contributed by atoms with Gasteiger partial charge in [-0.15, -0.1) is 0 Å². The molecule has 2 heterocycles. The Bertz CT molecular complexity index is 543. The van der Waals surface area contributed by atoms with E-state index in [4.69, 9.17) is 0 Å². The highest BCUT2D eigenvalue weighted by Gasteiger charge is 2.16. The van der Waals surface area contributed by atoms with Gasteiger partial charge in [-0.2, -0.15) is 15.4 Å². The summed E-state index contributed by atoms with van der Waals surface area (Å²) < 4.78 is 0. The molecule has 1 fully saturated rings. The largest absolute Gasteiger partial charge is 0.311 e. The molecule has 0 unspecified atom stereocenters. The predicted molar refractivity (Wildman–Crippen MR) is 83.7 cm³/mol. The van der Waals surface area contributed by atoms with E-state index < -0.39 is 0 Å². The average Bonchev–Trinajstić information content (AvgIpc) is 2.99. The van der Waals surface area contributed by atoms with E-state index in [1.54, 1.807) is 0 Å². The summed E-state index contributed by atoms with van der Waals surface area (Å²) in [6.45, 7) is 4.26. The predicted octanol–water partition coefficient (Wildman–Crippen LogP) is 1.90.